The summed E-state index contributed by atoms with van der Waals surface area (Å²) in [4.78, 5) is 23.5. The summed E-state index contributed by atoms with van der Waals surface area (Å²) >= 11 is 0. The third-order valence-corrected chi connectivity index (χ3v) is 2.39. The van der Waals surface area contributed by atoms with Crippen LogP contribution in [0, 0.1) is 0 Å². The number of carbonyl (C=O) groups excluding carboxylic acids is 2. The number of hydrogen-bond donors (Lipinski definition) is 1. The van der Waals surface area contributed by atoms with Gasteiger partial charge >= 0.3 is 5.97 Å². The number of aliphatic hydroxyl groups is 1. The van der Waals surface area contributed by atoms with Crippen molar-refractivity contribution in [3.05, 3.63) is 35.9 Å². The van der Waals surface area contributed by atoms with Gasteiger partial charge in [0.05, 0.1) is 13.7 Å². The van der Waals surface area contributed by atoms with E-state index in [1.54, 1.807) is 0 Å². The normalized spacial score (nSPS) is 11.6. The Labute approximate surface area is 99.6 Å². The van der Waals surface area contributed by atoms with E-state index in [9.17, 15) is 9.59 Å². The van der Waals surface area contributed by atoms with Crippen molar-refractivity contribution in [1.29, 1.82) is 0 Å². The second-order valence-electron chi connectivity index (χ2n) is 3.48. The number of benzene rings is 1. The van der Waals surface area contributed by atoms with Crippen molar-refractivity contribution >= 4 is 12.4 Å². The van der Waals surface area contributed by atoms with E-state index in [0.717, 1.165) is 5.56 Å². The Hall–Kier alpha value is -1.88. The zero-order valence-corrected chi connectivity index (χ0v) is 9.57. The van der Waals surface area contributed by atoms with E-state index in [1.165, 1.54) is 12.0 Å². The van der Waals surface area contributed by atoms with Crippen molar-refractivity contribution in [1.82, 2.24) is 4.90 Å². The molecule has 0 aromatic heterocycles. The van der Waals surface area contributed by atoms with E-state index < -0.39 is 18.6 Å². The van der Waals surface area contributed by atoms with Crippen molar-refractivity contribution in [2.45, 2.75) is 12.6 Å². The molecule has 1 aromatic carbocycles. The lowest BCUT2D eigenvalue weighted by Crippen LogP contribution is -2.43. The van der Waals surface area contributed by atoms with Crippen LogP contribution in [0.3, 0.4) is 0 Å². The van der Waals surface area contributed by atoms with Gasteiger partial charge in [0.25, 0.3) is 0 Å². The molecule has 0 radical (unpaired) electrons. The summed E-state index contributed by atoms with van der Waals surface area (Å²) in [6, 6.07) is 8.25. The molecule has 1 N–H and O–H groups in total. The van der Waals surface area contributed by atoms with Gasteiger partial charge in [-0.2, -0.15) is 0 Å². The summed E-state index contributed by atoms with van der Waals surface area (Å²) in [7, 11) is 1.22. The lowest BCUT2D eigenvalue weighted by atomic mass is 10.2. The van der Waals surface area contributed by atoms with Gasteiger partial charge in [-0.3, -0.25) is 4.79 Å². The van der Waals surface area contributed by atoms with Crippen LogP contribution < -0.4 is 0 Å². The standard InChI is InChI=1S/C12H15NO4/c1-17-12(16)11(8-14)13(9-15)7-10-5-3-2-4-6-10/h2-6,9,11,14H,7-8H2,1H3. The number of hydrogen-bond acceptors (Lipinski definition) is 4. The fourth-order valence-electron chi connectivity index (χ4n) is 1.47. The van der Waals surface area contributed by atoms with Gasteiger partial charge in [0.2, 0.25) is 6.41 Å². The quantitative estimate of drug-likeness (QED) is 0.566. The van der Waals surface area contributed by atoms with Crippen molar-refractivity contribution in [2.24, 2.45) is 0 Å². The summed E-state index contributed by atoms with van der Waals surface area (Å²) in [5, 5.41) is 9.11. The SMILES string of the molecule is COC(=O)C(CO)N(C=O)Cc1ccccc1. The highest BCUT2D eigenvalue weighted by atomic mass is 16.5. The third kappa shape index (κ3) is 3.57. The van der Waals surface area contributed by atoms with Gasteiger partial charge in [-0.05, 0) is 5.56 Å². The topological polar surface area (TPSA) is 66.8 Å². The number of amides is 1. The van der Waals surface area contributed by atoms with Crippen LogP contribution in [0.5, 0.6) is 0 Å². The highest BCUT2D eigenvalue weighted by molar-refractivity contribution is 5.78. The number of methoxy groups -OCH3 is 1. The van der Waals surface area contributed by atoms with Gasteiger partial charge in [0, 0.05) is 6.54 Å². The predicted molar refractivity (Wildman–Crippen MR) is 60.9 cm³/mol. The van der Waals surface area contributed by atoms with Crippen molar-refractivity contribution in [2.75, 3.05) is 13.7 Å². The monoisotopic (exact) mass is 237 g/mol. The number of carbonyl (C=O) groups is 2. The maximum Gasteiger partial charge on any atom is 0.330 e. The van der Waals surface area contributed by atoms with E-state index in [-0.39, 0.29) is 6.54 Å². The molecule has 1 amide bonds. The molecule has 0 spiro atoms. The summed E-state index contributed by atoms with van der Waals surface area (Å²) in [5.74, 6) is -0.629. The molecule has 0 bridgehead atoms. The number of nitrogens with zero attached hydrogens (tertiary/aromatic N) is 1. The molecule has 0 aliphatic rings. The molecule has 1 unspecified atom stereocenters. The van der Waals surface area contributed by atoms with Crippen molar-refractivity contribution < 1.29 is 19.4 Å². The van der Waals surface area contributed by atoms with Crippen molar-refractivity contribution in [3.8, 4) is 0 Å². The fraction of sp³-hybridized carbons (Fsp3) is 0.333. The lowest BCUT2D eigenvalue weighted by molar-refractivity contribution is -0.151. The molecule has 0 aliphatic carbocycles. The minimum atomic E-state index is -0.960. The van der Waals surface area contributed by atoms with Gasteiger partial charge in [-0.25, -0.2) is 4.79 Å². The first-order valence-corrected chi connectivity index (χ1v) is 5.16. The fourth-order valence-corrected chi connectivity index (χ4v) is 1.47. The Balaban J connectivity index is 2.77. The van der Waals surface area contributed by atoms with Crippen LogP contribution in [0.2, 0.25) is 0 Å². The number of aliphatic hydroxyl groups excluding tert-OH is 1. The van der Waals surface area contributed by atoms with E-state index in [0.29, 0.717) is 6.41 Å². The zero-order valence-electron chi connectivity index (χ0n) is 9.57. The molecule has 0 saturated carbocycles. The number of rotatable bonds is 6. The van der Waals surface area contributed by atoms with Crippen molar-refractivity contribution in [3.63, 3.8) is 0 Å². The smallest absolute Gasteiger partial charge is 0.330 e. The van der Waals surface area contributed by atoms with Gasteiger partial charge in [-0.1, -0.05) is 30.3 Å². The van der Waals surface area contributed by atoms with E-state index in [4.69, 9.17) is 5.11 Å². The molecule has 1 rings (SSSR count). The van der Waals surface area contributed by atoms with Crippen LogP contribution in [0.4, 0.5) is 0 Å². The molecule has 1 aromatic rings. The van der Waals surface area contributed by atoms with E-state index in [1.807, 2.05) is 30.3 Å². The van der Waals surface area contributed by atoms with Crippen LogP contribution in [0.25, 0.3) is 0 Å². The minimum Gasteiger partial charge on any atom is -0.467 e. The summed E-state index contributed by atoms with van der Waals surface area (Å²) < 4.78 is 4.52. The lowest BCUT2D eigenvalue weighted by Gasteiger charge is -2.24. The average Bonchev–Trinajstić information content (AvgIpc) is 2.39. The molecule has 92 valence electrons. The summed E-state index contributed by atoms with van der Waals surface area (Å²) in [6.45, 7) is -0.205. The minimum absolute atomic E-state index is 0.255. The summed E-state index contributed by atoms with van der Waals surface area (Å²) in [6.07, 6.45) is 0.533. The molecule has 0 heterocycles. The molecule has 17 heavy (non-hydrogen) atoms. The Morgan fingerprint density at radius 2 is 2.12 bits per heavy atom. The second-order valence-corrected chi connectivity index (χ2v) is 3.48. The Bertz CT molecular complexity index is 366. The van der Waals surface area contributed by atoms with E-state index >= 15 is 0 Å². The van der Waals surface area contributed by atoms with Crippen LogP contribution in [0.15, 0.2) is 30.3 Å². The predicted octanol–water partition coefficient (Wildman–Crippen LogP) is 0.179. The van der Waals surface area contributed by atoms with Gasteiger partial charge in [-0.15, -0.1) is 0 Å². The largest absolute Gasteiger partial charge is 0.467 e. The van der Waals surface area contributed by atoms with Crippen LogP contribution >= 0.6 is 0 Å². The Morgan fingerprint density at radius 1 is 1.47 bits per heavy atom. The molecule has 0 aliphatic heterocycles. The van der Waals surface area contributed by atoms with E-state index in [2.05, 4.69) is 4.74 Å². The van der Waals surface area contributed by atoms with Gasteiger partial charge in [0.1, 0.15) is 0 Å². The maximum atomic E-state index is 11.4. The van der Waals surface area contributed by atoms with Gasteiger partial charge < -0.3 is 14.7 Å². The van der Waals surface area contributed by atoms with Crippen LogP contribution in [0.1, 0.15) is 5.56 Å². The first-order valence-electron chi connectivity index (χ1n) is 5.16. The van der Waals surface area contributed by atoms with Crippen LogP contribution in [-0.2, 0) is 20.9 Å². The summed E-state index contributed by atoms with van der Waals surface area (Å²) in [5.41, 5.74) is 0.877. The molecular weight excluding hydrogens is 222 g/mol. The molecule has 5 heteroatoms. The molecule has 5 nitrogen and oxygen atoms in total. The first-order chi connectivity index (χ1) is 8.22. The second kappa shape index (κ2) is 6.65. The number of esters is 1. The third-order valence-electron chi connectivity index (χ3n) is 2.39. The Morgan fingerprint density at radius 3 is 2.59 bits per heavy atom. The first kappa shape index (κ1) is 13.2. The maximum absolute atomic E-state index is 11.4. The molecule has 0 saturated heterocycles. The molecular formula is C12H15NO4. The molecule has 1 atom stereocenters. The molecule has 0 fully saturated rings. The average molecular weight is 237 g/mol. The highest BCUT2D eigenvalue weighted by Crippen LogP contribution is 2.07. The van der Waals surface area contributed by atoms with Gasteiger partial charge in [0.15, 0.2) is 6.04 Å². The zero-order chi connectivity index (χ0) is 12.7. The Kier molecular flexibility index (Phi) is 5.16. The number of ether oxygens (including phenoxy) is 1. The highest BCUT2D eigenvalue weighted by Gasteiger charge is 2.24. The van der Waals surface area contributed by atoms with Crippen LogP contribution in [-0.4, -0.2) is 42.1 Å².